The van der Waals surface area contributed by atoms with Crippen molar-refractivity contribution in [2.24, 2.45) is 22.4 Å². The molecule has 9 nitrogen and oxygen atoms in total. The number of ether oxygens (including phenoxy) is 1. The molecular formula is C21H32F2N8O. The van der Waals surface area contributed by atoms with Gasteiger partial charge in [-0.25, -0.2) is 25.1 Å². The van der Waals surface area contributed by atoms with Crippen LogP contribution in [0.4, 0.5) is 8.78 Å². The number of rotatable bonds is 5. The van der Waals surface area contributed by atoms with Gasteiger partial charge in [-0.05, 0) is 31.5 Å². The minimum atomic E-state index is -0.670. The molecule has 0 aliphatic carbocycles. The van der Waals surface area contributed by atoms with Gasteiger partial charge in [0.2, 0.25) is 0 Å². The molecule has 0 amide bonds. The Balaban J connectivity index is 0.00000141. The lowest BCUT2D eigenvalue weighted by Gasteiger charge is -2.38. The molecule has 1 aromatic heterocycles. The molecule has 0 radical (unpaired) electrons. The molecule has 176 valence electrons. The van der Waals surface area contributed by atoms with Gasteiger partial charge in [-0.3, -0.25) is 4.90 Å². The van der Waals surface area contributed by atoms with Crippen LogP contribution in [-0.4, -0.2) is 39.0 Å². The number of imidazole rings is 1. The molecule has 2 aromatic rings. The van der Waals surface area contributed by atoms with E-state index >= 15 is 0 Å². The van der Waals surface area contributed by atoms with Crippen LogP contribution in [0.15, 0.2) is 23.3 Å². The molecule has 32 heavy (non-hydrogen) atoms. The van der Waals surface area contributed by atoms with E-state index in [2.05, 4.69) is 20.5 Å². The van der Waals surface area contributed by atoms with Gasteiger partial charge in [0.15, 0.2) is 11.7 Å². The van der Waals surface area contributed by atoms with Gasteiger partial charge in [0, 0.05) is 37.3 Å². The van der Waals surface area contributed by atoms with Crippen LogP contribution in [0.3, 0.4) is 0 Å². The molecule has 2 aliphatic heterocycles. The third kappa shape index (κ3) is 4.60. The Labute approximate surface area is 186 Å². The highest BCUT2D eigenvalue weighted by molar-refractivity contribution is 5.94. The third-order valence-corrected chi connectivity index (χ3v) is 5.77. The van der Waals surface area contributed by atoms with Crippen molar-refractivity contribution in [2.45, 2.75) is 65.0 Å². The van der Waals surface area contributed by atoms with Crippen LogP contribution in [0.2, 0.25) is 0 Å². The van der Waals surface area contributed by atoms with E-state index in [1.54, 1.807) is 0 Å². The van der Waals surface area contributed by atoms with E-state index < -0.39 is 23.8 Å². The molecule has 0 saturated carbocycles. The summed E-state index contributed by atoms with van der Waals surface area (Å²) in [7, 11) is 0. The molecule has 1 aromatic carbocycles. The van der Waals surface area contributed by atoms with Gasteiger partial charge in [0.25, 0.3) is 0 Å². The Morgan fingerprint density at radius 3 is 2.72 bits per heavy atom. The summed E-state index contributed by atoms with van der Waals surface area (Å²) >= 11 is 0. The first-order valence-corrected chi connectivity index (χ1v) is 10.9. The average molecular weight is 451 g/mol. The van der Waals surface area contributed by atoms with Crippen LogP contribution in [0.5, 0.6) is 0 Å². The van der Waals surface area contributed by atoms with Gasteiger partial charge in [-0.15, -0.1) is 5.10 Å². The SMILES string of the molecule is CC.CCn1c(/C(N)=N/NN)nc2c1CN(C1CO[C@H](c3cc(F)ccc3F)C(N)C1)C2. The van der Waals surface area contributed by atoms with Crippen LogP contribution >= 0.6 is 0 Å². The summed E-state index contributed by atoms with van der Waals surface area (Å²) in [6, 6.07) is 2.95. The largest absolute Gasteiger partial charge is 0.379 e. The van der Waals surface area contributed by atoms with Crippen molar-refractivity contribution >= 4 is 5.84 Å². The Morgan fingerprint density at radius 2 is 2.06 bits per heavy atom. The Bertz CT molecular complexity index is 964. The Kier molecular flexibility index (Phi) is 7.77. The van der Waals surface area contributed by atoms with E-state index in [4.69, 9.17) is 22.0 Å². The van der Waals surface area contributed by atoms with Crippen molar-refractivity contribution in [3.63, 3.8) is 0 Å². The second-order valence-corrected chi connectivity index (χ2v) is 7.58. The number of fused-ring (bicyclic) bond motifs is 1. The first kappa shape index (κ1) is 24.1. The average Bonchev–Trinajstić information content (AvgIpc) is 3.35. The lowest BCUT2D eigenvalue weighted by atomic mass is 9.93. The molecule has 11 heteroatoms. The van der Waals surface area contributed by atoms with E-state index in [1.807, 2.05) is 25.3 Å². The molecular weight excluding hydrogens is 418 g/mol. The highest BCUT2D eigenvalue weighted by Crippen LogP contribution is 2.34. The number of halogens is 2. The summed E-state index contributed by atoms with van der Waals surface area (Å²) in [5, 5.41) is 3.82. The van der Waals surface area contributed by atoms with Crippen molar-refractivity contribution in [2.75, 3.05) is 6.61 Å². The summed E-state index contributed by atoms with van der Waals surface area (Å²) in [6.45, 7) is 8.36. The number of nitrogens with zero attached hydrogens (tertiary/aromatic N) is 4. The highest BCUT2D eigenvalue weighted by Gasteiger charge is 2.38. The van der Waals surface area contributed by atoms with Crippen molar-refractivity contribution in [1.29, 1.82) is 0 Å². The van der Waals surface area contributed by atoms with Crippen LogP contribution in [0, 0.1) is 11.6 Å². The van der Waals surface area contributed by atoms with Gasteiger partial charge in [0.1, 0.15) is 17.7 Å². The number of hydrazine groups is 1. The van der Waals surface area contributed by atoms with Gasteiger partial charge >= 0.3 is 0 Å². The number of aromatic nitrogens is 2. The number of nitrogens with one attached hydrogen (secondary N) is 1. The molecule has 1 saturated heterocycles. The predicted octanol–water partition coefficient (Wildman–Crippen LogP) is 1.46. The lowest BCUT2D eigenvalue weighted by Crippen LogP contribution is -2.48. The summed E-state index contributed by atoms with van der Waals surface area (Å²) < 4.78 is 35.6. The quantitative estimate of drug-likeness (QED) is 0.235. The number of hydrogen-bond donors (Lipinski definition) is 4. The minimum Gasteiger partial charge on any atom is -0.379 e. The zero-order chi connectivity index (χ0) is 23.4. The van der Waals surface area contributed by atoms with E-state index in [1.165, 1.54) is 0 Å². The first-order valence-electron chi connectivity index (χ1n) is 10.9. The molecule has 3 heterocycles. The van der Waals surface area contributed by atoms with Gasteiger partial charge < -0.3 is 20.8 Å². The summed E-state index contributed by atoms with van der Waals surface area (Å²) in [5.41, 5.74) is 16.6. The smallest absolute Gasteiger partial charge is 0.188 e. The Hall–Kier alpha value is -2.60. The van der Waals surface area contributed by atoms with Gasteiger partial charge in [-0.2, -0.15) is 0 Å². The molecule has 0 spiro atoms. The number of benzene rings is 1. The van der Waals surface area contributed by atoms with E-state index in [9.17, 15) is 8.78 Å². The summed E-state index contributed by atoms with van der Waals surface area (Å²) in [6.07, 6.45) is -0.0687. The predicted molar refractivity (Wildman–Crippen MR) is 118 cm³/mol. The molecule has 2 unspecified atom stereocenters. The third-order valence-electron chi connectivity index (χ3n) is 5.77. The standard InChI is InChI=1S/C19H26F2N8O.C2H6/c1-2-29-16-8-28(7-15(16)25-19(29)18(23)26-27-24)11-6-14(22)17(30-9-11)12-5-10(20)3-4-13(12)21;1-2/h3-5,11,14,17,27H,2,6-9,22,24H2,1H3,(H2,23,26);1-2H3/t11?,14?,17-;/m1./s1. The first-order chi connectivity index (χ1) is 15.4. The van der Waals surface area contributed by atoms with Crippen molar-refractivity contribution in [3.8, 4) is 0 Å². The topological polar surface area (TPSA) is 133 Å². The summed E-state index contributed by atoms with van der Waals surface area (Å²) in [4.78, 5) is 6.87. The fraction of sp³-hybridized carbons (Fsp3) is 0.524. The second-order valence-electron chi connectivity index (χ2n) is 7.58. The fourth-order valence-electron chi connectivity index (χ4n) is 4.35. The minimum absolute atomic E-state index is 0.0487. The second kappa shape index (κ2) is 10.3. The van der Waals surface area contributed by atoms with E-state index in [0.29, 0.717) is 38.5 Å². The fourth-order valence-corrected chi connectivity index (χ4v) is 4.35. The Morgan fingerprint density at radius 1 is 1.31 bits per heavy atom. The maximum Gasteiger partial charge on any atom is 0.188 e. The van der Waals surface area contributed by atoms with Gasteiger partial charge in [0.05, 0.1) is 18.0 Å². The van der Waals surface area contributed by atoms with E-state index in [-0.39, 0.29) is 17.4 Å². The zero-order valence-corrected chi connectivity index (χ0v) is 18.7. The summed E-state index contributed by atoms with van der Waals surface area (Å²) in [5.74, 6) is 5.01. The van der Waals surface area contributed by atoms with Gasteiger partial charge in [-0.1, -0.05) is 13.8 Å². The van der Waals surface area contributed by atoms with Crippen LogP contribution in [-0.2, 0) is 24.4 Å². The van der Waals surface area contributed by atoms with Crippen LogP contribution in [0.1, 0.15) is 56.1 Å². The number of nitrogens with two attached hydrogens (primary N) is 3. The molecule has 4 rings (SSSR count). The number of amidine groups is 1. The van der Waals surface area contributed by atoms with Crippen molar-refractivity contribution in [1.82, 2.24) is 20.0 Å². The van der Waals surface area contributed by atoms with E-state index in [0.717, 1.165) is 29.6 Å². The zero-order valence-electron chi connectivity index (χ0n) is 18.7. The molecule has 2 aliphatic rings. The normalized spacial score (nSPS) is 23.5. The maximum atomic E-state index is 14.1. The maximum absolute atomic E-state index is 14.1. The molecule has 7 N–H and O–H groups in total. The van der Waals surface area contributed by atoms with Crippen LogP contribution < -0.4 is 22.8 Å². The monoisotopic (exact) mass is 450 g/mol. The molecule has 0 bridgehead atoms. The molecule has 1 fully saturated rings. The van der Waals surface area contributed by atoms with Crippen molar-refractivity contribution in [3.05, 3.63) is 52.6 Å². The van der Waals surface area contributed by atoms with Crippen molar-refractivity contribution < 1.29 is 13.5 Å². The highest BCUT2D eigenvalue weighted by atomic mass is 19.1. The van der Waals surface area contributed by atoms with Crippen LogP contribution in [0.25, 0.3) is 0 Å². The lowest BCUT2D eigenvalue weighted by molar-refractivity contribution is -0.0535. The molecule has 3 atom stereocenters. The number of hydrazone groups is 1. The number of hydrogen-bond acceptors (Lipinski definition) is 7.